The normalized spacial score (nSPS) is 16.3. The maximum Gasteiger partial charge on any atom is 0.252 e. The number of amides is 1. The topological polar surface area (TPSA) is 75.7 Å². The van der Waals surface area contributed by atoms with Crippen molar-refractivity contribution in [2.24, 2.45) is 0 Å². The summed E-state index contributed by atoms with van der Waals surface area (Å²) in [5, 5.41) is 3.08. The van der Waals surface area contributed by atoms with Crippen LogP contribution >= 0.6 is 0 Å². The molecule has 0 aliphatic carbocycles. The highest BCUT2D eigenvalue weighted by molar-refractivity contribution is 7.89. The lowest BCUT2D eigenvalue weighted by Gasteiger charge is -2.26. The zero-order chi connectivity index (χ0) is 20.9. The number of aryl methyl sites for hydroxylation is 1. The minimum absolute atomic E-state index is 0.118. The Bertz CT molecular complexity index is 939. The Morgan fingerprint density at radius 1 is 1.14 bits per heavy atom. The van der Waals surface area contributed by atoms with E-state index in [9.17, 15) is 13.2 Å². The molecule has 2 aromatic rings. The SMILES string of the molecule is CCC[C@@H](NC(=O)c1cc(S(=O)(=O)N2CCOCC2)ccc1C)c1ccccc1. The number of hydrogen-bond acceptors (Lipinski definition) is 4. The van der Waals surface area contributed by atoms with Crippen molar-refractivity contribution in [1.82, 2.24) is 9.62 Å². The third-order valence-electron chi connectivity index (χ3n) is 5.15. The van der Waals surface area contributed by atoms with Crippen molar-refractivity contribution in [1.29, 1.82) is 0 Å². The summed E-state index contributed by atoms with van der Waals surface area (Å²) in [4.78, 5) is 13.2. The summed E-state index contributed by atoms with van der Waals surface area (Å²) in [7, 11) is -3.65. The number of nitrogens with one attached hydrogen (secondary N) is 1. The number of carbonyl (C=O) groups is 1. The van der Waals surface area contributed by atoms with Gasteiger partial charge in [-0.1, -0.05) is 49.7 Å². The van der Waals surface area contributed by atoms with Gasteiger partial charge in [0.2, 0.25) is 10.0 Å². The summed E-state index contributed by atoms with van der Waals surface area (Å²) in [5.41, 5.74) is 2.17. The summed E-state index contributed by atoms with van der Waals surface area (Å²) < 4.78 is 32.6. The maximum absolute atomic E-state index is 13.0. The van der Waals surface area contributed by atoms with Gasteiger partial charge in [0, 0.05) is 18.7 Å². The Hall–Kier alpha value is -2.22. The Morgan fingerprint density at radius 3 is 2.48 bits per heavy atom. The lowest BCUT2D eigenvalue weighted by Crippen LogP contribution is -2.40. The molecule has 29 heavy (non-hydrogen) atoms. The van der Waals surface area contributed by atoms with E-state index >= 15 is 0 Å². The molecule has 156 valence electrons. The van der Waals surface area contributed by atoms with Crippen LogP contribution in [0.15, 0.2) is 53.4 Å². The molecule has 1 aliphatic heterocycles. The van der Waals surface area contributed by atoms with Gasteiger partial charge in [-0.3, -0.25) is 4.79 Å². The summed E-state index contributed by atoms with van der Waals surface area (Å²) >= 11 is 0. The van der Waals surface area contributed by atoms with Crippen molar-refractivity contribution in [3.05, 3.63) is 65.2 Å². The molecule has 0 aromatic heterocycles. The first-order valence-electron chi connectivity index (χ1n) is 9.98. The van der Waals surface area contributed by atoms with Gasteiger partial charge < -0.3 is 10.1 Å². The molecular formula is C22H28N2O4S. The highest BCUT2D eigenvalue weighted by Crippen LogP contribution is 2.23. The van der Waals surface area contributed by atoms with Crippen LogP contribution in [0.4, 0.5) is 0 Å². The quantitative estimate of drug-likeness (QED) is 0.752. The van der Waals surface area contributed by atoms with Crippen LogP contribution in [-0.2, 0) is 14.8 Å². The fraction of sp³-hybridized carbons (Fsp3) is 0.409. The Labute approximate surface area is 172 Å². The highest BCUT2D eigenvalue weighted by Gasteiger charge is 2.27. The van der Waals surface area contributed by atoms with Crippen LogP contribution < -0.4 is 5.32 Å². The van der Waals surface area contributed by atoms with Gasteiger partial charge in [0.1, 0.15) is 0 Å². The second-order valence-electron chi connectivity index (χ2n) is 7.22. The number of hydrogen-bond donors (Lipinski definition) is 1. The molecule has 1 heterocycles. The summed E-state index contributed by atoms with van der Waals surface area (Å²) in [5.74, 6) is -0.260. The smallest absolute Gasteiger partial charge is 0.252 e. The number of carbonyl (C=O) groups excluding carboxylic acids is 1. The van der Waals surface area contributed by atoms with Gasteiger partial charge in [0.15, 0.2) is 0 Å². The van der Waals surface area contributed by atoms with Crippen molar-refractivity contribution in [2.45, 2.75) is 37.6 Å². The molecule has 0 saturated carbocycles. The van der Waals surface area contributed by atoms with E-state index in [1.54, 1.807) is 12.1 Å². The fourth-order valence-electron chi connectivity index (χ4n) is 3.47. The van der Waals surface area contributed by atoms with Crippen LogP contribution in [-0.4, -0.2) is 44.9 Å². The van der Waals surface area contributed by atoms with E-state index in [1.807, 2.05) is 37.3 Å². The number of ether oxygens (including phenoxy) is 1. The first-order chi connectivity index (χ1) is 13.9. The molecule has 1 amide bonds. The lowest BCUT2D eigenvalue weighted by atomic mass is 10.0. The predicted octanol–water partition coefficient (Wildman–Crippen LogP) is 3.29. The molecule has 3 rings (SSSR count). The summed E-state index contributed by atoms with van der Waals surface area (Å²) in [6, 6.07) is 14.5. The molecule has 7 heteroatoms. The van der Waals surface area contributed by atoms with Gasteiger partial charge in [0.25, 0.3) is 5.91 Å². The van der Waals surface area contributed by atoms with E-state index in [2.05, 4.69) is 12.2 Å². The van der Waals surface area contributed by atoms with Crippen molar-refractivity contribution >= 4 is 15.9 Å². The Morgan fingerprint density at radius 2 is 1.83 bits per heavy atom. The van der Waals surface area contributed by atoms with Crippen LogP contribution in [0.1, 0.15) is 47.3 Å². The van der Waals surface area contributed by atoms with E-state index in [-0.39, 0.29) is 16.8 Å². The van der Waals surface area contributed by atoms with Crippen LogP contribution in [0.5, 0.6) is 0 Å². The van der Waals surface area contributed by atoms with Crippen molar-refractivity contribution < 1.29 is 17.9 Å². The van der Waals surface area contributed by atoms with Gasteiger partial charge in [-0.25, -0.2) is 8.42 Å². The van der Waals surface area contributed by atoms with E-state index in [0.29, 0.717) is 31.9 Å². The minimum Gasteiger partial charge on any atom is -0.379 e. The number of nitrogens with zero attached hydrogens (tertiary/aromatic N) is 1. The Balaban J connectivity index is 1.86. The number of benzene rings is 2. The van der Waals surface area contributed by atoms with Crippen LogP contribution in [0.3, 0.4) is 0 Å². The second kappa shape index (κ2) is 9.52. The summed E-state index contributed by atoms with van der Waals surface area (Å²) in [6.45, 7) is 5.30. The molecule has 1 aliphatic rings. The largest absolute Gasteiger partial charge is 0.379 e. The van der Waals surface area contributed by atoms with Gasteiger partial charge in [0.05, 0.1) is 24.2 Å². The standard InChI is InChI=1S/C22H28N2O4S/c1-3-7-21(18-8-5-4-6-9-18)23-22(25)20-16-19(11-10-17(20)2)29(26,27)24-12-14-28-15-13-24/h4-6,8-11,16,21H,3,7,12-15H2,1-2H3,(H,23,25)/t21-/m1/s1. The van der Waals surface area contributed by atoms with Crippen molar-refractivity contribution in [2.75, 3.05) is 26.3 Å². The number of sulfonamides is 1. The molecule has 0 spiro atoms. The summed E-state index contributed by atoms with van der Waals surface area (Å²) in [6.07, 6.45) is 1.73. The zero-order valence-electron chi connectivity index (χ0n) is 16.9. The lowest BCUT2D eigenvalue weighted by molar-refractivity contribution is 0.0730. The van der Waals surface area contributed by atoms with Gasteiger partial charge >= 0.3 is 0 Å². The zero-order valence-corrected chi connectivity index (χ0v) is 17.7. The molecule has 1 atom stereocenters. The number of morpholine rings is 1. The van der Waals surface area contributed by atoms with Crippen LogP contribution in [0.2, 0.25) is 0 Å². The minimum atomic E-state index is -3.65. The first-order valence-corrected chi connectivity index (χ1v) is 11.4. The molecule has 0 bridgehead atoms. The van der Waals surface area contributed by atoms with Gasteiger partial charge in [-0.05, 0) is 36.6 Å². The van der Waals surface area contributed by atoms with E-state index in [1.165, 1.54) is 10.4 Å². The van der Waals surface area contributed by atoms with Crippen LogP contribution in [0, 0.1) is 6.92 Å². The monoisotopic (exact) mass is 416 g/mol. The molecular weight excluding hydrogens is 388 g/mol. The van der Waals surface area contributed by atoms with Crippen LogP contribution in [0.25, 0.3) is 0 Å². The molecule has 1 N–H and O–H groups in total. The molecule has 6 nitrogen and oxygen atoms in total. The third-order valence-corrected chi connectivity index (χ3v) is 7.04. The average Bonchev–Trinajstić information content (AvgIpc) is 2.74. The predicted molar refractivity (Wildman–Crippen MR) is 112 cm³/mol. The van der Waals surface area contributed by atoms with E-state index in [0.717, 1.165) is 24.0 Å². The molecule has 2 aromatic carbocycles. The second-order valence-corrected chi connectivity index (χ2v) is 9.16. The third kappa shape index (κ3) is 5.04. The van der Waals surface area contributed by atoms with Gasteiger partial charge in [-0.2, -0.15) is 4.31 Å². The van der Waals surface area contributed by atoms with E-state index < -0.39 is 10.0 Å². The highest BCUT2D eigenvalue weighted by atomic mass is 32.2. The maximum atomic E-state index is 13.0. The van der Waals surface area contributed by atoms with E-state index in [4.69, 9.17) is 4.74 Å². The Kier molecular flexibility index (Phi) is 7.05. The van der Waals surface area contributed by atoms with Gasteiger partial charge in [-0.15, -0.1) is 0 Å². The molecule has 1 saturated heterocycles. The molecule has 0 unspecified atom stereocenters. The molecule has 1 fully saturated rings. The number of rotatable bonds is 7. The van der Waals surface area contributed by atoms with Crippen molar-refractivity contribution in [3.63, 3.8) is 0 Å². The first kappa shape index (κ1) is 21.5. The fourth-order valence-corrected chi connectivity index (χ4v) is 4.91. The van der Waals surface area contributed by atoms with Crippen molar-refractivity contribution in [3.8, 4) is 0 Å². The average molecular weight is 417 g/mol. The molecule has 0 radical (unpaired) electrons.